The van der Waals surface area contributed by atoms with Crippen LogP contribution in [0.4, 0.5) is 4.39 Å². The van der Waals surface area contributed by atoms with Gasteiger partial charge < -0.3 is 14.6 Å². The number of nitrogens with zero attached hydrogens (tertiary/aromatic N) is 2. The standard InChI is InChI=1S/C13H16FN3O2/c1-8(15-7-13-16-9(2)19-17-13)10-4-5-11(14)12(6-10)18-3/h4-6,8,15H,7H2,1-3H3. The predicted octanol–water partition coefficient (Wildman–Crippen LogP) is 2.38. The number of aromatic nitrogens is 2. The van der Waals surface area contributed by atoms with Gasteiger partial charge >= 0.3 is 0 Å². The highest BCUT2D eigenvalue weighted by molar-refractivity contribution is 5.31. The maximum Gasteiger partial charge on any atom is 0.223 e. The molecular weight excluding hydrogens is 249 g/mol. The molecule has 5 nitrogen and oxygen atoms in total. The summed E-state index contributed by atoms with van der Waals surface area (Å²) in [5.41, 5.74) is 0.929. The third-order valence-corrected chi connectivity index (χ3v) is 2.81. The van der Waals surface area contributed by atoms with E-state index in [0.29, 0.717) is 18.3 Å². The largest absolute Gasteiger partial charge is 0.494 e. The molecule has 0 fully saturated rings. The van der Waals surface area contributed by atoms with Gasteiger partial charge in [-0.1, -0.05) is 11.2 Å². The molecule has 0 bridgehead atoms. The van der Waals surface area contributed by atoms with Crippen LogP contribution in [0, 0.1) is 12.7 Å². The molecule has 0 radical (unpaired) electrons. The molecule has 0 aliphatic rings. The van der Waals surface area contributed by atoms with Gasteiger partial charge in [0.25, 0.3) is 0 Å². The van der Waals surface area contributed by atoms with Crippen molar-refractivity contribution < 1.29 is 13.7 Å². The Bertz CT molecular complexity index is 557. The van der Waals surface area contributed by atoms with Crippen LogP contribution in [0.5, 0.6) is 5.75 Å². The predicted molar refractivity (Wildman–Crippen MR) is 67.2 cm³/mol. The lowest BCUT2D eigenvalue weighted by Crippen LogP contribution is -2.19. The first-order valence-electron chi connectivity index (χ1n) is 5.96. The summed E-state index contributed by atoms with van der Waals surface area (Å²) >= 11 is 0. The average Bonchev–Trinajstić information content (AvgIpc) is 2.82. The van der Waals surface area contributed by atoms with Gasteiger partial charge in [-0.25, -0.2) is 4.39 Å². The highest BCUT2D eigenvalue weighted by Crippen LogP contribution is 2.22. The van der Waals surface area contributed by atoms with Crippen molar-refractivity contribution in [3.63, 3.8) is 0 Å². The van der Waals surface area contributed by atoms with Crippen LogP contribution in [0.1, 0.15) is 30.2 Å². The summed E-state index contributed by atoms with van der Waals surface area (Å²) < 4.78 is 23.2. The van der Waals surface area contributed by atoms with Gasteiger partial charge in [0.05, 0.1) is 13.7 Å². The van der Waals surface area contributed by atoms with E-state index in [4.69, 9.17) is 9.26 Å². The van der Waals surface area contributed by atoms with E-state index < -0.39 is 0 Å². The fraction of sp³-hybridized carbons (Fsp3) is 0.385. The lowest BCUT2D eigenvalue weighted by molar-refractivity contribution is 0.382. The summed E-state index contributed by atoms with van der Waals surface area (Å²) in [7, 11) is 1.45. The van der Waals surface area contributed by atoms with Gasteiger partial charge in [-0.15, -0.1) is 0 Å². The Labute approximate surface area is 110 Å². The highest BCUT2D eigenvalue weighted by atomic mass is 19.1. The molecule has 0 spiro atoms. The molecule has 2 rings (SSSR count). The fourth-order valence-electron chi connectivity index (χ4n) is 1.72. The van der Waals surface area contributed by atoms with Crippen LogP contribution in [0.2, 0.25) is 0 Å². The Hall–Kier alpha value is -1.95. The first-order chi connectivity index (χ1) is 9.10. The molecule has 19 heavy (non-hydrogen) atoms. The van der Waals surface area contributed by atoms with Crippen molar-refractivity contribution in [1.82, 2.24) is 15.5 Å². The molecule has 1 heterocycles. The number of rotatable bonds is 5. The quantitative estimate of drug-likeness (QED) is 0.899. The Morgan fingerprint density at radius 3 is 2.89 bits per heavy atom. The molecule has 1 aromatic carbocycles. The van der Waals surface area contributed by atoms with E-state index in [-0.39, 0.29) is 17.6 Å². The van der Waals surface area contributed by atoms with Crippen LogP contribution in [-0.2, 0) is 6.54 Å². The van der Waals surface area contributed by atoms with Gasteiger partial charge in [-0.3, -0.25) is 0 Å². The van der Waals surface area contributed by atoms with E-state index in [2.05, 4.69) is 15.5 Å². The topological polar surface area (TPSA) is 60.2 Å². The molecule has 0 aliphatic heterocycles. The zero-order valence-electron chi connectivity index (χ0n) is 11.1. The minimum atomic E-state index is -0.368. The molecule has 2 aromatic rings. The minimum absolute atomic E-state index is 0.0216. The van der Waals surface area contributed by atoms with Crippen LogP contribution < -0.4 is 10.1 Å². The van der Waals surface area contributed by atoms with Gasteiger partial charge in [0.2, 0.25) is 5.89 Å². The third kappa shape index (κ3) is 3.29. The summed E-state index contributed by atoms with van der Waals surface area (Å²) in [6, 6.07) is 4.81. The molecule has 1 unspecified atom stereocenters. The van der Waals surface area contributed by atoms with E-state index >= 15 is 0 Å². The smallest absolute Gasteiger partial charge is 0.223 e. The zero-order valence-corrected chi connectivity index (χ0v) is 11.1. The summed E-state index contributed by atoms with van der Waals surface area (Å²) in [6.07, 6.45) is 0. The molecule has 0 aliphatic carbocycles. The van der Waals surface area contributed by atoms with E-state index in [1.165, 1.54) is 13.2 Å². The van der Waals surface area contributed by atoms with Crippen molar-refractivity contribution in [3.8, 4) is 5.75 Å². The summed E-state index contributed by atoms with van der Waals surface area (Å²) in [5.74, 6) is 1.00. The number of methoxy groups -OCH3 is 1. The first-order valence-corrected chi connectivity index (χ1v) is 5.96. The second-order valence-electron chi connectivity index (χ2n) is 4.23. The molecule has 0 saturated carbocycles. The average molecular weight is 265 g/mol. The van der Waals surface area contributed by atoms with Crippen molar-refractivity contribution in [3.05, 3.63) is 41.3 Å². The highest BCUT2D eigenvalue weighted by Gasteiger charge is 2.10. The van der Waals surface area contributed by atoms with Gasteiger partial charge in [-0.2, -0.15) is 4.98 Å². The molecule has 1 atom stereocenters. The number of aryl methyl sites for hydroxylation is 1. The lowest BCUT2D eigenvalue weighted by atomic mass is 10.1. The van der Waals surface area contributed by atoms with Gasteiger partial charge in [0, 0.05) is 13.0 Å². The van der Waals surface area contributed by atoms with E-state index in [0.717, 1.165) is 5.56 Å². The van der Waals surface area contributed by atoms with Crippen LogP contribution in [-0.4, -0.2) is 17.3 Å². The van der Waals surface area contributed by atoms with Crippen LogP contribution >= 0.6 is 0 Å². The zero-order chi connectivity index (χ0) is 13.8. The maximum atomic E-state index is 13.3. The summed E-state index contributed by atoms with van der Waals surface area (Å²) in [6.45, 7) is 4.20. The molecule has 1 aromatic heterocycles. The van der Waals surface area contributed by atoms with Crippen molar-refractivity contribution >= 4 is 0 Å². The Kier molecular flexibility index (Phi) is 4.11. The van der Waals surface area contributed by atoms with Gasteiger partial charge in [0.1, 0.15) is 0 Å². The number of hydrogen-bond donors (Lipinski definition) is 1. The molecule has 1 N–H and O–H groups in total. The second kappa shape index (κ2) is 5.79. The van der Waals surface area contributed by atoms with Crippen LogP contribution in [0.3, 0.4) is 0 Å². The van der Waals surface area contributed by atoms with Crippen molar-refractivity contribution in [2.45, 2.75) is 26.4 Å². The van der Waals surface area contributed by atoms with Crippen molar-refractivity contribution in [2.24, 2.45) is 0 Å². The Balaban J connectivity index is 2.01. The number of hydrogen-bond acceptors (Lipinski definition) is 5. The summed E-state index contributed by atoms with van der Waals surface area (Å²) in [4.78, 5) is 4.10. The van der Waals surface area contributed by atoms with Crippen molar-refractivity contribution in [2.75, 3.05) is 7.11 Å². The lowest BCUT2D eigenvalue weighted by Gasteiger charge is -2.14. The van der Waals surface area contributed by atoms with Crippen LogP contribution in [0.25, 0.3) is 0 Å². The van der Waals surface area contributed by atoms with E-state index in [1.807, 2.05) is 6.92 Å². The number of nitrogens with one attached hydrogen (secondary N) is 1. The maximum absolute atomic E-state index is 13.3. The monoisotopic (exact) mass is 265 g/mol. The van der Waals surface area contributed by atoms with E-state index in [9.17, 15) is 4.39 Å². The van der Waals surface area contributed by atoms with Gasteiger partial charge in [-0.05, 0) is 24.6 Å². The van der Waals surface area contributed by atoms with Crippen LogP contribution in [0.15, 0.2) is 22.7 Å². The third-order valence-electron chi connectivity index (χ3n) is 2.81. The molecule has 102 valence electrons. The molecular formula is C13H16FN3O2. The second-order valence-corrected chi connectivity index (χ2v) is 4.23. The Morgan fingerprint density at radius 2 is 2.26 bits per heavy atom. The fourth-order valence-corrected chi connectivity index (χ4v) is 1.72. The first kappa shape index (κ1) is 13.5. The minimum Gasteiger partial charge on any atom is -0.494 e. The molecule has 0 saturated heterocycles. The van der Waals surface area contributed by atoms with Crippen molar-refractivity contribution in [1.29, 1.82) is 0 Å². The number of benzene rings is 1. The Morgan fingerprint density at radius 1 is 1.47 bits per heavy atom. The van der Waals surface area contributed by atoms with E-state index in [1.54, 1.807) is 19.1 Å². The normalized spacial score (nSPS) is 12.4. The SMILES string of the molecule is COc1cc(C(C)NCc2noc(C)n2)ccc1F. The summed E-state index contributed by atoms with van der Waals surface area (Å²) in [5, 5.41) is 7.03. The van der Waals surface area contributed by atoms with Gasteiger partial charge in [0.15, 0.2) is 17.4 Å². The molecule has 6 heteroatoms. The number of ether oxygens (including phenoxy) is 1. The molecule has 0 amide bonds. The number of halogens is 1.